The van der Waals surface area contributed by atoms with Crippen molar-refractivity contribution in [2.45, 2.75) is 62.8 Å². The number of ether oxygens (including phenoxy) is 1. The van der Waals surface area contributed by atoms with E-state index in [0.29, 0.717) is 24.2 Å². The van der Waals surface area contributed by atoms with Crippen LogP contribution < -0.4 is 5.32 Å². The molecular weight excluding hydrogens is 288 g/mol. The van der Waals surface area contributed by atoms with Gasteiger partial charge >= 0.3 is 0 Å². The van der Waals surface area contributed by atoms with E-state index in [-0.39, 0.29) is 5.91 Å². The number of benzene rings is 1. The fraction of sp³-hybridized carbons (Fsp3) is 0.632. The second-order valence-electron chi connectivity index (χ2n) is 7.22. The molecule has 2 unspecified atom stereocenters. The first kappa shape index (κ1) is 15.2. The predicted octanol–water partition coefficient (Wildman–Crippen LogP) is 2.59. The molecule has 4 nitrogen and oxygen atoms in total. The molecule has 0 radical (unpaired) electrons. The maximum Gasteiger partial charge on any atom is 0.251 e. The lowest BCUT2D eigenvalue weighted by atomic mass is 9.96. The van der Waals surface area contributed by atoms with Crippen LogP contribution in [0.15, 0.2) is 30.3 Å². The minimum Gasteiger partial charge on any atom is -0.377 e. The third-order valence-electron chi connectivity index (χ3n) is 5.69. The van der Waals surface area contributed by atoms with Crippen molar-refractivity contribution in [3.63, 3.8) is 0 Å². The normalized spacial score (nSPS) is 33.7. The van der Waals surface area contributed by atoms with Crippen molar-refractivity contribution in [3.8, 4) is 0 Å². The summed E-state index contributed by atoms with van der Waals surface area (Å²) in [6.45, 7) is 2.03. The van der Waals surface area contributed by atoms with Crippen LogP contribution in [-0.4, -0.2) is 48.2 Å². The smallest absolute Gasteiger partial charge is 0.251 e. The maximum absolute atomic E-state index is 12.4. The molecule has 0 saturated carbocycles. The van der Waals surface area contributed by atoms with Gasteiger partial charge in [0, 0.05) is 36.8 Å². The van der Waals surface area contributed by atoms with E-state index in [9.17, 15) is 4.79 Å². The average molecular weight is 314 g/mol. The topological polar surface area (TPSA) is 41.6 Å². The molecule has 3 saturated heterocycles. The lowest BCUT2D eigenvalue weighted by Gasteiger charge is -2.40. The molecule has 0 aromatic heterocycles. The zero-order valence-corrected chi connectivity index (χ0v) is 13.6. The highest BCUT2D eigenvalue weighted by Gasteiger charge is 2.42. The van der Waals surface area contributed by atoms with Gasteiger partial charge in [-0.3, -0.25) is 9.69 Å². The lowest BCUT2D eigenvalue weighted by molar-refractivity contribution is 0.0332. The minimum absolute atomic E-state index is 0.0718. The van der Waals surface area contributed by atoms with Gasteiger partial charge in [0.2, 0.25) is 0 Å². The predicted molar refractivity (Wildman–Crippen MR) is 89.4 cm³/mol. The van der Waals surface area contributed by atoms with Crippen LogP contribution in [-0.2, 0) is 4.74 Å². The molecule has 2 bridgehead atoms. The Balaban J connectivity index is 1.34. The zero-order valence-electron chi connectivity index (χ0n) is 13.6. The first-order valence-electron chi connectivity index (χ1n) is 9.03. The number of fused-ring (bicyclic) bond motifs is 2. The van der Waals surface area contributed by atoms with Crippen LogP contribution in [0.25, 0.3) is 0 Å². The SMILES string of the molecule is O=C(NC1C[C@H]2CC[C@@H](C1)N2CC1CCCO1)c1ccccc1. The summed E-state index contributed by atoms with van der Waals surface area (Å²) in [6, 6.07) is 11.1. The fourth-order valence-electron chi connectivity index (χ4n) is 4.57. The third-order valence-corrected chi connectivity index (χ3v) is 5.69. The van der Waals surface area contributed by atoms with Crippen molar-refractivity contribution in [1.29, 1.82) is 0 Å². The van der Waals surface area contributed by atoms with Crippen molar-refractivity contribution >= 4 is 5.91 Å². The second-order valence-corrected chi connectivity index (χ2v) is 7.22. The lowest BCUT2D eigenvalue weighted by Crippen LogP contribution is -2.52. The number of carbonyl (C=O) groups excluding carboxylic acids is 1. The molecule has 1 aromatic carbocycles. The van der Waals surface area contributed by atoms with Crippen molar-refractivity contribution in [2.24, 2.45) is 0 Å². The van der Waals surface area contributed by atoms with Gasteiger partial charge in [0.15, 0.2) is 0 Å². The van der Waals surface area contributed by atoms with Crippen LogP contribution in [0.1, 0.15) is 48.9 Å². The van der Waals surface area contributed by atoms with Gasteiger partial charge in [0.25, 0.3) is 5.91 Å². The Kier molecular flexibility index (Phi) is 4.36. The van der Waals surface area contributed by atoms with Crippen LogP contribution in [0.5, 0.6) is 0 Å². The first-order chi connectivity index (χ1) is 11.3. The number of nitrogens with zero attached hydrogens (tertiary/aromatic N) is 1. The number of piperidine rings is 1. The van der Waals surface area contributed by atoms with Gasteiger partial charge < -0.3 is 10.1 Å². The summed E-state index contributed by atoms with van der Waals surface area (Å²) in [5.74, 6) is 0.0718. The van der Waals surface area contributed by atoms with Crippen LogP contribution in [0.3, 0.4) is 0 Å². The highest BCUT2D eigenvalue weighted by Crippen LogP contribution is 2.36. The van der Waals surface area contributed by atoms with Gasteiger partial charge in [-0.05, 0) is 50.7 Å². The second kappa shape index (κ2) is 6.62. The Morgan fingerprint density at radius 1 is 1.13 bits per heavy atom. The molecule has 3 heterocycles. The van der Waals surface area contributed by atoms with Gasteiger partial charge in [0.1, 0.15) is 0 Å². The maximum atomic E-state index is 12.4. The number of nitrogens with one attached hydrogen (secondary N) is 1. The average Bonchev–Trinajstić information content (AvgIpc) is 3.16. The zero-order chi connectivity index (χ0) is 15.6. The summed E-state index contributed by atoms with van der Waals surface area (Å²) >= 11 is 0. The Hall–Kier alpha value is -1.39. The summed E-state index contributed by atoms with van der Waals surface area (Å²) in [4.78, 5) is 15.0. The Morgan fingerprint density at radius 3 is 2.52 bits per heavy atom. The van der Waals surface area contributed by atoms with E-state index in [1.165, 1.54) is 25.7 Å². The van der Waals surface area contributed by atoms with Gasteiger partial charge in [0.05, 0.1) is 6.10 Å². The number of hydrogen-bond donors (Lipinski definition) is 1. The minimum atomic E-state index is 0.0718. The van der Waals surface area contributed by atoms with Crippen LogP contribution >= 0.6 is 0 Å². The molecule has 3 aliphatic rings. The molecule has 4 rings (SSSR count). The number of hydrogen-bond acceptors (Lipinski definition) is 3. The summed E-state index contributed by atoms with van der Waals surface area (Å²) in [7, 11) is 0. The fourth-order valence-corrected chi connectivity index (χ4v) is 4.57. The van der Waals surface area contributed by atoms with Crippen LogP contribution in [0.2, 0.25) is 0 Å². The van der Waals surface area contributed by atoms with Gasteiger partial charge in [-0.1, -0.05) is 18.2 Å². The quantitative estimate of drug-likeness (QED) is 0.929. The number of rotatable bonds is 4. The molecular formula is C19H26N2O2. The standard InChI is InChI=1S/C19H26N2O2/c22-19(14-5-2-1-3-6-14)20-15-11-16-8-9-17(12-15)21(16)13-18-7-4-10-23-18/h1-3,5-6,15-18H,4,7-13H2,(H,20,22)/t15?,16-,17+,18?. The molecule has 1 aromatic rings. The van der Waals surface area contributed by atoms with Crippen molar-refractivity contribution in [3.05, 3.63) is 35.9 Å². The number of amides is 1. The monoisotopic (exact) mass is 314 g/mol. The Labute approximate surface area is 138 Å². The van der Waals surface area contributed by atoms with Crippen LogP contribution in [0, 0.1) is 0 Å². The Bertz CT molecular complexity index is 528. The molecule has 1 amide bonds. The summed E-state index contributed by atoms with van der Waals surface area (Å²) in [5, 5.41) is 3.25. The molecule has 4 heteroatoms. The summed E-state index contributed by atoms with van der Waals surface area (Å²) in [5.41, 5.74) is 0.765. The van der Waals surface area contributed by atoms with E-state index >= 15 is 0 Å². The molecule has 4 atom stereocenters. The molecule has 3 fully saturated rings. The summed E-state index contributed by atoms with van der Waals surface area (Å²) in [6.07, 6.45) is 7.58. The van der Waals surface area contributed by atoms with E-state index in [2.05, 4.69) is 10.2 Å². The van der Waals surface area contributed by atoms with Gasteiger partial charge in [-0.15, -0.1) is 0 Å². The van der Waals surface area contributed by atoms with E-state index in [1.807, 2.05) is 30.3 Å². The largest absolute Gasteiger partial charge is 0.377 e. The first-order valence-corrected chi connectivity index (χ1v) is 9.03. The van der Waals surface area contributed by atoms with E-state index in [4.69, 9.17) is 4.74 Å². The summed E-state index contributed by atoms with van der Waals surface area (Å²) < 4.78 is 5.82. The third kappa shape index (κ3) is 3.29. The van der Waals surface area contributed by atoms with E-state index in [0.717, 1.165) is 31.6 Å². The molecule has 124 valence electrons. The van der Waals surface area contributed by atoms with Gasteiger partial charge in [-0.25, -0.2) is 0 Å². The van der Waals surface area contributed by atoms with Crippen molar-refractivity contribution in [2.75, 3.05) is 13.2 Å². The van der Waals surface area contributed by atoms with Gasteiger partial charge in [-0.2, -0.15) is 0 Å². The number of carbonyl (C=O) groups is 1. The highest BCUT2D eigenvalue weighted by atomic mass is 16.5. The molecule has 1 N–H and O–H groups in total. The highest BCUT2D eigenvalue weighted by molar-refractivity contribution is 5.94. The van der Waals surface area contributed by atoms with Crippen molar-refractivity contribution in [1.82, 2.24) is 10.2 Å². The Morgan fingerprint density at radius 2 is 1.87 bits per heavy atom. The molecule has 0 aliphatic carbocycles. The van der Waals surface area contributed by atoms with Crippen molar-refractivity contribution < 1.29 is 9.53 Å². The van der Waals surface area contributed by atoms with Crippen LogP contribution in [0.4, 0.5) is 0 Å². The molecule has 0 spiro atoms. The molecule has 23 heavy (non-hydrogen) atoms. The van der Waals surface area contributed by atoms with E-state index in [1.54, 1.807) is 0 Å². The molecule has 3 aliphatic heterocycles. The van der Waals surface area contributed by atoms with E-state index < -0.39 is 0 Å².